The Labute approximate surface area is 168 Å². The average Bonchev–Trinajstić information content (AvgIpc) is 2.67. The Morgan fingerprint density at radius 1 is 1.21 bits per heavy atom. The van der Waals surface area contributed by atoms with Crippen LogP contribution in [0.1, 0.15) is 24.0 Å². The minimum atomic E-state index is -0.777. The van der Waals surface area contributed by atoms with Gasteiger partial charge in [0, 0.05) is 4.47 Å². The van der Waals surface area contributed by atoms with Crippen LogP contribution < -0.4 is 16.1 Å². The van der Waals surface area contributed by atoms with Crippen LogP contribution in [-0.2, 0) is 9.53 Å². The molecule has 1 aliphatic rings. The maximum absolute atomic E-state index is 12.9. The summed E-state index contributed by atoms with van der Waals surface area (Å²) in [4.78, 5) is 25.6. The van der Waals surface area contributed by atoms with Gasteiger partial charge in [-0.15, -0.1) is 0 Å². The summed E-state index contributed by atoms with van der Waals surface area (Å²) in [6.07, 6.45) is 0. The number of para-hydroxylation sites is 1. The molecule has 0 fully saturated rings. The van der Waals surface area contributed by atoms with E-state index in [4.69, 9.17) is 19.6 Å². The lowest BCUT2D eigenvalue weighted by molar-refractivity contribution is -0.139. The summed E-state index contributed by atoms with van der Waals surface area (Å²) in [5.74, 6) is -1.21. The lowest BCUT2D eigenvalue weighted by Crippen LogP contribution is -2.31. The topological polar surface area (TPSA) is 91.8 Å². The summed E-state index contributed by atoms with van der Waals surface area (Å²) < 4.78 is 17.2. The smallest absolute Gasteiger partial charge is 0.344 e. The lowest BCUT2D eigenvalue weighted by atomic mass is 9.83. The van der Waals surface area contributed by atoms with Crippen molar-refractivity contribution in [3.63, 3.8) is 0 Å². The van der Waals surface area contributed by atoms with Crippen LogP contribution >= 0.6 is 15.9 Å². The van der Waals surface area contributed by atoms with Crippen LogP contribution in [0.3, 0.4) is 0 Å². The molecule has 0 aliphatic carbocycles. The second-order valence-corrected chi connectivity index (χ2v) is 7.13. The van der Waals surface area contributed by atoms with Crippen molar-refractivity contribution in [2.75, 3.05) is 6.61 Å². The number of carbonyl (C=O) groups is 1. The number of nitrogens with two attached hydrogens (primary N) is 1. The number of benzene rings is 2. The molecular weight excluding hydrogens is 426 g/mol. The number of hydrogen-bond donors (Lipinski definition) is 1. The molecule has 1 unspecified atom stereocenters. The standard InChI is InChI=1S/C21H16BrNO5/c1-2-26-20(24)17-15(11-6-5-7-12(22)10-11)16-18(28-19(17)23)13-8-3-4-9-14(13)27-21(16)25/h3-10,15H,2,23H2,1H3. The van der Waals surface area contributed by atoms with Gasteiger partial charge in [-0.2, -0.15) is 0 Å². The third-order valence-electron chi connectivity index (χ3n) is 4.53. The van der Waals surface area contributed by atoms with E-state index in [-0.39, 0.29) is 23.6 Å². The van der Waals surface area contributed by atoms with E-state index < -0.39 is 17.5 Å². The highest BCUT2D eigenvalue weighted by Crippen LogP contribution is 2.44. The van der Waals surface area contributed by atoms with E-state index in [1.807, 2.05) is 24.3 Å². The first-order chi connectivity index (χ1) is 13.5. The van der Waals surface area contributed by atoms with Crippen LogP contribution in [0.5, 0.6) is 5.75 Å². The van der Waals surface area contributed by atoms with Crippen molar-refractivity contribution >= 4 is 32.9 Å². The van der Waals surface area contributed by atoms with Gasteiger partial charge in [0.05, 0.1) is 23.5 Å². The Bertz CT molecular complexity index is 1180. The van der Waals surface area contributed by atoms with Crippen molar-refractivity contribution in [1.29, 1.82) is 0 Å². The summed E-state index contributed by atoms with van der Waals surface area (Å²) in [5, 5.41) is 0.600. The number of ether oxygens (including phenoxy) is 2. The van der Waals surface area contributed by atoms with E-state index in [1.165, 1.54) is 0 Å². The molecule has 28 heavy (non-hydrogen) atoms. The van der Waals surface area contributed by atoms with Crippen LogP contribution in [0.2, 0.25) is 0 Å². The van der Waals surface area contributed by atoms with Crippen molar-refractivity contribution in [1.82, 2.24) is 0 Å². The van der Waals surface area contributed by atoms with Crippen LogP contribution in [-0.4, -0.2) is 12.6 Å². The molecule has 0 spiro atoms. The second kappa shape index (κ2) is 7.16. The van der Waals surface area contributed by atoms with Gasteiger partial charge in [0.2, 0.25) is 5.88 Å². The molecule has 2 heterocycles. The van der Waals surface area contributed by atoms with Crippen LogP contribution in [0.15, 0.2) is 73.7 Å². The van der Waals surface area contributed by atoms with Gasteiger partial charge >= 0.3 is 11.6 Å². The van der Waals surface area contributed by atoms with E-state index in [0.29, 0.717) is 22.3 Å². The fourth-order valence-electron chi connectivity index (χ4n) is 3.39. The van der Waals surface area contributed by atoms with Crippen LogP contribution in [0.4, 0.5) is 0 Å². The zero-order valence-corrected chi connectivity index (χ0v) is 16.5. The largest absolute Gasteiger partial charge is 0.462 e. The number of hydrogen-bond acceptors (Lipinski definition) is 6. The molecule has 4 rings (SSSR count). The SMILES string of the molecule is CCOC(=O)C1=C(N)Oc2c(c(=O)oc3ccccc23)C1c1cccc(Br)c1. The van der Waals surface area contributed by atoms with E-state index >= 15 is 0 Å². The van der Waals surface area contributed by atoms with Crippen molar-refractivity contribution in [3.05, 3.63) is 86.0 Å². The Kier molecular flexibility index (Phi) is 4.68. The molecule has 2 N–H and O–H groups in total. The Morgan fingerprint density at radius 2 is 2.00 bits per heavy atom. The maximum atomic E-state index is 12.9. The fourth-order valence-corrected chi connectivity index (χ4v) is 3.81. The van der Waals surface area contributed by atoms with Gasteiger partial charge in [0.15, 0.2) is 5.75 Å². The zero-order valence-electron chi connectivity index (χ0n) is 14.9. The molecule has 1 aromatic heterocycles. The molecule has 2 aromatic carbocycles. The number of carbonyl (C=O) groups excluding carboxylic acids is 1. The maximum Gasteiger partial charge on any atom is 0.344 e. The van der Waals surface area contributed by atoms with E-state index in [2.05, 4.69) is 15.9 Å². The van der Waals surface area contributed by atoms with Crippen molar-refractivity contribution in [2.45, 2.75) is 12.8 Å². The minimum Gasteiger partial charge on any atom is -0.462 e. The summed E-state index contributed by atoms with van der Waals surface area (Å²) in [5.41, 5.74) is 6.92. The molecule has 142 valence electrons. The van der Waals surface area contributed by atoms with Crippen LogP contribution in [0.25, 0.3) is 11.0 Å². The lowest BCUT2D eigenvalue weighted by Gasteiger charge is -2.28. The summed E-state index contributed by atoms with van der Waals surface area (Å²) in [6.45, 7) is 1.86. The van der Waals surface area contributed by atoms with E-state index in [0.717, 1.165) is 4.47 Å². The fraction of sp³-hybridized carbons (Fsp3) is 0.143. The molecule has 3 aromatic rings. The van der Waals surface area contributed by atoms with Crippen molar-refractivity contribution in [3.8, 4) is 5.75 Å². The molecule has 0 amide bonds. The molecule has 1 atom stereocenters. The highest BCUT2D eigenvalue weighted by atomic mass is 79.9. The summed E-state index contributed by atoms with van der Waals surface area (Å²) in [7, 11) is 0. The first-order valence-electron chi connectivity index (χ1n) is 8.67. The Hall–Kier alpha value is -3.06. The van der Waals surface area contributed by atoms with Gasteiger partial charge in [0.25, 0.3) is 0 Å². The predicted octanol–water partition coefficient (Wildman–Crippen LogP) is 3.81. The number of rotatable bonds is 3. The average molecular weight is 442 g/mol. The molecule has 6 nitrogen and oxygen atoms in total. The molecule has 0 radical (unpaired) electrons. The monoisotopic (exact) mass is 441 g/mol. The van der Waals surface area contributed by atoms with Crippen LogP contribution in [0, 0.1) is 0 Å². The third kappa shape index (κ3) is 2.97. The molecule has 0 bridgehead atoms. The molecule has 0 saturated carbocycles. The van der Waals surface area contributed by atoms with Gasteiger partial charge in [-0.25, -0.2) is 9.59 Å². The molecular formula is C21H16BrNO5. The summed E-state index contributed by atoms with van der Waals surface area (Å²) in [6, 6.07) is 14.3. The molecule has 0 saturated heterocycles. The molecule has 7 heteroatoms. The van der Waals surface area contributed by atoms with Gasteiger partial charge in [0.1, 0.15) is 11.2 Å². The minimum absolute atomic E-state index is 0.0787. The van der Waals surface area contributed by atoms with E-state index in [1.54, 1.807) is 31.2 Å². The van der Waals surface area contributed by atoms with Crippen molar-refractivity contribution in [2.24, 2.45) is 5.73 Å². The van der Waals surface area contributed by atoms with Gasteiger partial charge in [-0.05, 0) is 36.8 Å². The van der Waals surface area contributed by atoms with Crippen molar-refractivity contribution < 1.29 is 18.7 Å². The highest BCUT2D eigenvalue weighted by molar-refractivity contribution is 9.10. The third-order valence-corrected chi connectivity index (χ3v) is 5.02. The van der Waals surface area contributed by atoms with Gasteiger partial charge in [-0.1, -0.05) is 40.2 Å². The van der Waals surface area contributed by atoms with E-state index in [9.17, 15) is 9.59 Å². The molecule has 1 aliphatic heterocycles. The highest BCUT2D eigenvalue weighted by Gasteiger charge is 2.39. The number of esters is 1. The quantitative estimate of drug-likeness (QED) is 0.490. The van der Waals surface area contributed by atoms with Gasteiger partial charge in [-0.3, -0.25) is 0 Å². The summed E-state index contributed by atoms with van der Waals surface area (Å²) >= 11 is 3.43. The zero-order chi connectivity index (χ0) is 19.8. The number of fused-ring (bicyclic) bond motifs is 3. The normalized spacial score (nSPS) is 15.9. The first kappa shape index (κ1) is 18.3. The Morgan fingerprint density at radius 3 is 2.75 bits per heavy atom. The second-order valence-electron chi connectivity index (χ2n) is 6.22. The number of halogens is 1. The predicted molar refractivity (Wildman–Crippen MR) is 107 cm³/mol. The Balaban J connectivity index is 2.05. The first-order valence-corrected chi connectivity index (χ1v) is 9.46. The van der Waals surface area contributed by atoms with Gasteiger partial charge < -0.3 is 19.6 Å².